The lowest BCUT2D eigenvalue weighted by molar-refractivity contribution is 0.420. The first-order valence-electron chi connectivity index (χ1n) is 28.7. The zero-order valence-corrected chi connectivity index (χ0v) is 47.7. The third-order valence-corrected chi connectivity index (χ3v) is 15.7. The fourth-order valence-electron chi connectivity index (χ4n) is 9.59. The molecule has 6 aromatic rings. The highest BCUT2D eigenvalue weighted by atomic mass is 16.3. The van der Waals surface area contributed by atoms with Crippen molar-refractivity contribution in [3.8, 4) is 17.2 Å². The Morgan fingerprint density at radius 3 is 0.962 bits per heavy atom. The van der Waals surface area contributed by atoms with Gasteiger partial charge in [0.25, 0.3) is 0 Å². The Morgan fingerprint density at radius 1 is 0.329 bits per heavy atom. The zero-order valence-electron chi connectivity index (χ0n) is 47.7. The Bertz CT molecular complexity index is 3170. The van der Waals surface area contributed by atoms with Gasteiger partial charge in [-0.15, -0.1) is 0 Å². The summed E-state index contributed by atoms with van der Waals surface area (Å²) in [4.78, 5) is 67.1. The number of rotatable bonds is 7. The summed E-state index contributed by atoms with van der Waals surface area (Å²) in [7, 11) is 0. The minimum Gasteiger partial charge on any atom is -0.504 e. The molecule has 0 radical (unpaired) electrons. The smallest absolute Gasteiger partial charge is 0.220 e. The Morgan fingerprint density at radius 2 is 0.595 bits per heavy atom. The highest BCUT2D eigenvalue weighted by Crippen LogP contribution is 2.40. The molecule has 10 rings (SSSR count). The second kappa shape index (κ2) is 32.0. The molecule has 0 aliphatic heterocycles. The fraction of sp³-hybridized carbons (Fsp3) is 0.400. The van der Waals surface area contributed by atoms with Gasteiger partial charge in [-0.3, -0.25) is 28.8 Å². The number of aryl methyl sites for hydroxylation is 3. The maximum absolute atomic E-state index is 11.5. The van der Waals surface area contributed by atoms with Crippen LogP contribution >= 0.6 is 0 Å². The van der Waals surface area contributed by atoms with Crippen molar-refractivity contribution in [2.45, 2.75) is 180 Å². The van der Waals surface area contributed by atoms with Crippen LogP contribution < -0.4 is 32.6 Å². The summed E-state index contributed by atoms with van der Waals surface area (Å²) in [6.45, 7) is 14.0. The van der Waals surface area contributed by atoms with Gasteiger partial charge < -0.3 is 15.3 Å². The first-order chi connectivity index (χ1) is 37.8. The lowest BCUT2D eigenvalue weighted by Gasteiger charge is -2.24. The van der Waals surface area contributed by atoms with Crippen molar-refractivity contribution in [3.63, 3.8) is 0 Å². The van der Waals surface area contributed by atoms with Gasteiger partial charge >= 0.3 is 0 Å². The van der Waals surface area contributed by atoms with Crippen LogP contribution in [-0.4, -0.2) is 15.3 Å². The topological polar surface area (TPSA) is 163 Å². The summed E-state index contributed by atoms with van der Waals surface area (Å²) in [6.07, 6.45) is 19.0. The minimum absolute atomic E-state index is 0.120. The van der Waals surface area contributed by atoms with E-state index >= 15 is 0 Å². The second-order valence-electron chi connectivity index (χ2n) is 22.1. The molecule has 4 aliphatic rings. The van der Waals surface area contributed by atoms with E-state index in [-0.39, 0.29) is 49.8 Å². The molecule has 0 amide bonds. The molecule has 9 nitrogen and oxygen atoms in total. The van der Waals surface area contributed by atoms with E-state index in [1.54, 1.807) is 36.4 Å². The van der Waals surface area contributed by atoms with E-state index in [4.69, 9.17) is 10.2 Å². The SMILES string of the molecule is CC(C)c1ccc(O)c(=O)cc1.CCC(C)c1ccc(C)c(=O)cc1.Cc1ccc(C2CCC2)ccc1=O.Cc1ccc(C2CCCCC2)ccc1=O.O=c1ccc(C2CC2)ccc1O.O=c1ccc(C2CCCC2)ccc1O. The summed E-state index contributed by atoms with van der Waals surface area (Å²) in [6, 6.07) is 42.7. The van der Waals surface area contributed by atoms with Crippen molar-refractivity contribution >= 4 is 0 Å². The van der Waals surface area contributed by atoms with Crippen LogP contribution in [0.5, 0.6) is 17.2 Å². The van der Waals surface area contributed by atoms with E-state index in [1.807, 2.05) is 95.3 Å². The van der Waals surface area contributed by atoms with Crippen molar-refractivity contribution < 1.29 is 15.3 Å². The van der Waals surface area contributed by atoms with Crippen LogP contribution in [0.4, 0.5) is 0 Å². The van der Waals surface area contributed by atoms with Crippen LogP contribution in [-0.2, 0) is 0 Å². The van der Waals surface area contributed by atoms with Gasteiger partial charge in [0.15, 0.2) is 33.5 Å². The van der Waals surface area contributed by atoms with Gasteiger partial charge in [0, 0.05) is 0 Å². The Balaban J connectivity index is 0.000000175. The van der Waals surface area contributed by atoms with Crippen molar-refractivity contribution in [2.24, 2.45) is 0 Å². The summed E-state index contributed by atoms with van der Waals surface area (Å²) in [5.74, 6) is 2.99. The first-order valence-corrected chi connectivity index (χ1v) is 28.7. The molecule has 4 fully saturated rings. The summed E-state index contributed by atoms with van der Waals surface area (Å²) < 4.78 is 0. The van der Waals surface area contributed by atoms with Crippen molar-refractivity contribution in [3.05, 3.63) is 257 Å². The molecule has 3 N–H and O–H groups in total. The van der Waals surface area contributed by atoms with Gasteiger partial charge in [0.05, 0.1) is 0 Å². The average molecular weight is 1070 g/mol. The number of hydrogen-bond donors (Lipinski definition) is 3. The third-order valence-electron chi connectivity index (χ3n) is 15.7. The Hall–Kier alpha value is -7.26. The third kappa shape index (κ3) is 20.8. The van der Waals surface area contributed by atoms with E-state index in [1.165, 1.54) is 149 Å². The molecular formula is C70H84O9. The van der Waals surface area contributed by atoms with E-state index in [0.717, 1.165) is 34.2 Å². The largest absolute Gasteiger partial charge is 0.504 e. The van der Waals surface area contributed by atoms with Gasteiger partial charge in [-0.2, -0.15) is 0 Å². The van der Waals surface area contributed by atoms with E-state index < -0.39 is 0 Å². The maximum atomic E-state index is 11.5. The molecule has 4 saturated carbocycles. The minimum atomic E-state index is -0.332. The molecule has 79 heavy (non-hydrogen) atoms. The molecule has 0 aromatic heterocycles. The van der Waals surface area contributed by atoms with Gasteiger partial charge in [0.1, 0.15) is 0 Å². The van der Waals surface area contributed by atoms with E-state index in [9.17, 15) is 33.9 Å². The van der Waals surface area contributed by atoms with E-state index in [2.05, 4.69) is 26.0 Å². The lowest BCUT2D eigenvalue weighted by Crippen LogP contribution is -2.07. The van der Waals surface area contributed by atoms with Crippen molar-refractivity contribution in [1.29, 1.82) is 0 Å². The predicted octanol–water partition coefficient (Wildman–Crippen LogP) is 14.8. The maximum Gasteiger partial charge on any atom is 0.220 e. The summed E-state index contributed by atoms with van der Waals surface area (Å²) in [5, 5.41) is 27.4. The molecule has 0 bridgehead atoms. The lowest BCUT2D eigenvalue weighted by atomic mass is 9.81. The molecule has 0 heterocycles. The van der Waals surface area contributed by atoms with Crippen LogP contribution in [0.25, 0.3) is 0 Å². The number of aromatic hydroxyl groups is 3. The standard InChI is InChI=1S/C14H18O.C12H14O2.C12H14O.C12H16O.C10H10O2.C10H12O2/c1-11-7-8-13(9-10-14(11)15)12-5-3-2-4-6-12;13-11-7-5-10(6-8-12(11)14)9-3-1-2-4-9;1-9-5-6-11(7-8-12(9)13)10-3-2-4-10;1-4-9(2)11-6-5-10(3)12(13)8-7-11;11-9-5-3-8(7-1-2-7)4-6-10(9)12;1-7(2)8-3-5-9(11)10(12)6-4-8/h7-10,12H,2-6H2,1H3;5-9H,1-4H2,(H,13,14);5-8,10H,2-4H2,1H3;5-9H,4H2,1-3H3;3-7H,1-2H2,(H,11,12);3-7H,1-2H3,(H,11,12). The van der Waals surface area contributed by atoms with E-state index in [0.29, 0.717) is 35.5 Å². The second-order valence-corrected chi connectivity index (χ2v) is 22.1. The molecule has 9 heteroatoms. The molecule has 418 valence electrons. The fourth-order valence-corrected chi connectivity index (χ4v) is 9.59. The van der Waals surface area contributed by atoms with Crippen LogP contribution in [0.3, 0.4) is 0 Å². The van der Waals surface area contributed by atoms with Gasteiger partial charge in [-0.1, -0.05) is 157 Å². The average Bonchev–Trinajstić information content (AvgIpc) is 4.29. The van der Waals surface area contributed by atoms with Gasteiger partial charge in [0.2, 0.25) is 16.3 Å². The van der Waals surface area contributed by atoms with Crippen molar-refractivity contribution in [1.82, 2.24) is 0 Å². The van der Waals surface area contributed by atoms with Gasteiger partial charge in [-0.25, -0.2) is 0 Å². The highest BCUT2D eigenvalue weighted by molar-refractivity contribution is 5.30. The molecule has 0 spiro atoms. The molecule has 4 aliphatic carbocycles. The molecule has 1 unspecified atom stereocenters. The first kappa shape index (κ1) is 62.6. The molecular weight excluding hydrogens is 985 g/mol. The Labute approximate surface area is 467 Å². The normalized spacial score (nSPS) is 15.2. The van der Waals surface area contributed by atoms with Gasteiger partial charge in [-0.05, 0) is 219 Å². The van der Waals surface area contributed by atoms with Crippen molar-refractivity contribution in [2.75, 3.05) is 0 Å². The van der Waals surface area contributed by atoms with Crippen LogP contribution in [0.2, 0.25) is 0 Å². The van der Waals surface area contributed by atoms with Crippen LogP contribution in [0, 0.1) is 20.8 Å². The predicted molar refractivity (Wildman–Crippen MR) is 324 cm³/mol. The molecule has 1 atom stereocenters. The summed E-state index contributed by atoms with van der Waals surface area (Å²) >= 11 is 0. The Kier molecular flexibility index (Phi) is 25.3. The summed E-state index contributed by atoms with van der Waals surface area (Å²) in [5.41, 5.74) is 9.29. The van der Waals surface area contributed by atoms with Crippen LogP contribution in [0.1, 0.15) is 210 Å². The quantitative estimate of drug-likeness (QED) is 0.141. The highest BCUT2D eigenvalue weighted by Gasteiger charge is 2.23. The zero-order chi connectivity index (χ0) is 57.4. The molecule has 0 saturated heterocycles. The number of hydrogen-bond acceptors (Lipinski definition) is 9. The molecule has 6 aromatic carbocycles. The monoisotopic (exact) mass is 1070 g/mol. The van der Waals surface area contributed by atoms with Crippen LogP contribution in [0.15, 0.2) is 174 Å².